The van der Waals surface area contributed by atoms with Gasteiger partial charge in [0.15, 0.2) is 0 Å². The first-order valence-corrected chi connectivity index (χ1v) is 5.32. The van der Waals surface area contributed by atoms with Crippen molar-refractivity contribution in [2.24, 2.45) is 0 Å². The quantitative estimate of drug-likeness (QED) is 0.600. The molecule has 0 saturated heterocycles. The molecule has 1 heterocycles. The molecule has 1 aromatic heterocycles. The molecule has 0 unspecified atom stereocenters. The second-order valence-corrected chi connectivity index (χ2v) is 3.57. The standard InChI is InChI=1S/C12H12N2O3/c1-2-17-8-10-6-11-9(7-13-10)4-3-5-12(11)14(15)16/h3-7H,2,8H2,1H3. The van der Waals surface area contributed by atoms with Crippen LogP contribution in [0.5, 0.6) is 0 Å². The smallest absolute Gasteiger partial charge is 0.277 e. The first kappa shape index (κ1) is 11.5. The number of aromatic nitrogens is 1. The number of nitro groups is 1. The largest absolute Gasteiger partial charge is 0.375 e. The molecule has 0 aliphatic rings. The normalized spacial score (nSPS) is 10.6. The predicted octanol–water partition coefficient (Wildman–Crippen LogP) is 2.68. The highest BCUT2D eigenvalue weighted by atomic mass is 16.6. The van der Waals surface area contributed by atoms with Crippen molar-refractivity contribution in [1.29, 1.82) is 0 Å². The van der Waals surface area contributed by atoms with Gasteiger partial charge in [0.1, 0.15) is 0 Å². The molecule has 0 bridgehead atoms. The van der Waals surface area contributed by atoms with Crippen molar-refractivity contribution in [1.82, 2.24) is 4.98 Å². The van der Waals surface area contributed by atoms with Crippen LogP contribution in [-0.2, 0) is 11.3 Å². The minimum atomic E-state index is -0.382. The van der Waals surface area contributed by atoms with Crippen molar-refractivity contribution in [3.8, 4) is 0 Å². The summed E-state index contributed by atoms with van der Waals surface area (Å²) in [5, 5.41) is 12.3. The summed E-state index contributed by atoms with van der Waals surface area (Å²) in [5.41, 5.74) is 0.802. The molecule has 1 aromatic carbocycles. The molecule has 0 radical (unpaired) electrons. The zero-order chi connectivity index (χ0) is 12.3. The van der Waals surface area contributed by atoms with Gasteiger partial charge in [-0.15, -0.1) is 0 Å². The number of hydrogen-bond acceptors (Lipinski definition) is 4. The highest BCUT2D eigenvalue weighted by Gasteiger charge is 2.11. The van der Waals surface area contributed by atoms with E-state index in [0.29, 0.717) is 24.3 Å². The number of hydrogen-bond donors (Lipinski definition) is 0. The topological polar surface area (TPSA) is 65.3 Å². The minimum Gasteiger partial charge on any atom is -0.375 e. The van der Waals surface area contributed by atoms with Gasteiger partial charge in [0.2, 0.25) is 0 Å². The summed E-state index contributed by atoms with van der Waals surface area (Å²) in [6.45, 7) is 2.86. The summed E-state index contributed by atoms with van der Waals surface area (Å²) in [6.07, 6.45) is 1.64. The van der Waals surface area contributed by atoms with Gasteiger partial charge in [-0.05, 0) is 13.0 Å². The van der Waals surface area contributed by atoms with Gasteiger partial charge in [-0.1, -0.05) is 12.1 Å². The molecule has 0 N–H and O–H groups in total. The van der Waals surface area contributed by atoms with Crippen LogP contribution in [0.2, 0.25) is 0 Å². The Hall–Kier alpha value is -2.01. The van der Waals surface area contributed by atoms with E-state index in [1.54, 1.807) is 24.4 Å². The average Bonchev–Trinajstić information content (AvgIpc) is 2.35. The first-order chi connectivity index (χ1) is 8.22. The Labute approximate surface area is 98.2 Å². The van der Waals surface area contributed by atoms with Gasteiger partial charge < -0.3 is 4.74 Å². The third kappa shape index (κ3) is 2.39. The SMILES string of the molecule is CCOCc1cc2c([N+](=O)[O-])cccc2cn1. The molecule has 0 aliphatic heterocycles. The summed E-state index contributed by atoms with van der Waals surface area (Å²) < 4.78 is 5.24. The number of benzene rings is 1. The van der Waals surface area contributed by atoms with Gasteiger partial charge in [0.05, 0.1) is 22.6 Å². The maximum atomic E-state index is 10.9. The third-order valence-corrected chi connectivity index (χ3v) is 2.45. The maximum Gasteiger partial charge on any atom is 0.277 e. The Morgan fingerprint density at radius 2 is 2.29 bits per heavy atom. The van der Waals surface area contributed by atoms with E-state index in [9.17, 15) is 10.1 Å². The fraction of sp³-hybridized carbons (Fsp3) is 0.250. The predicted molar refractivity (Wildman–Crippen MR) is 63.7 cm³/mol. The van der Waals surface area contributed by atoms with Crippen LogP contribution in [0, 0.1) is 10.1 Å². The molecular weight excluding hydrogens is 220 g/mol. The van der Waals surface area contributed by atoms with E-state index in [1.165, 1.54) is 6.07 Å². The van der Waals surface area contributed by atoms with E-state index in [0.717, 1.165) is 5.39 Å². The van der Waals surface area contributed by atoms with Gasteiger partial charge in [0, 0.05) is 24.3 Å². The van der Waals surface area contributed by atoms with Crippen molar-refractivity contribution in [3.63, 3.8) is 0 Å². The molecular formula is C12H12N2O3. The fourth-order valence-corrected chi connectivity index (χ4v) is 1.64. The second kappa shape index (κ2) is 4.88. The van der Waals surface area contributed by atoms with E-state index >= 15 is 0 Å². The summed E-state index contributed by atoms with van der Waals surface area (Å²) in [6, 6.07) is 6.67. The van der Waals surface area contributed by atoms with Gasteiger partial charge in [-0.3, -0.25) is 15.1 Å². The van der Waals surface area contributed by atoms with Crippen molar-refractivity contribution in [2.45, 2.75) is 13.5 Å². The van der Waals surface area contributed by atoms with Crippen LogP contribution in [0.25, 0.3) is 10.8 Å². The third-order valence-electron chi connectivity index (χ3n) is 2.45. The van der Waals surface area contributed by atoms with Crippen molar-refractivity contribution in [3.05, 3.63) is 46.3 Å². The fourth-order valence-electron chi connectivity index (χ4n) is 1.64. The molecule has 0 saturated carbocycles. The Morgan fingerprint density at radius 3 is 3.00 bits per heavy atom. The second-order valence-electron chi connectivity index (χ2n) is 3.57. The highest BCUT2D eigenvalue weighted by molar-refractivity contribution is 5.90. The van der Waals surface area contributed by atoms with E-state index in [1.807, 2.05) is 6.92 Å². The van der Waals surface area contributed by atoms with Crippen LogP contribution in [0.1, 0.15) is 12.6 Å². The molecule has 5 heteroatoms. The summed E-state index contributed by atoms with van der Waals surface area (Å²) in [4.78, 5) is 14.7. The van der Waals surface area contributed by atoms with Gasteiger partial charge >= 0.3 is 0 Å². The van der Waals surface area contributed by atoms with Crippen LogP contribution < -0.4 is 0 Å². The molecule has 17 heavy (non-hydrogen) atoms. The molecule has 88 valence electrons. The lowest BCUT2D eigenvalue weighted by atomic mass is 10.1. The Morgan fingerprint density at radius 1 is 1.47 bits per heavy atom. The molecule has 0 spiro atoms. The minimum absolute atomic E-state index is 0.0997. The van der Waals surface area contributed by atoms with Crippen LogP contribution in [0.4, 0.5) is 5.69 Å². The van der Waals surface area contributed by atoms with Gasteiger partial charge in [-0.2, -0.15) is 0 Å². The Balaban J connectivity index is 2.50. The van der Waals surface area contributed by atoms with Gasteiger partial charge in [-0.25, -0.2) is 0 Å². The van der Waals surface area contributed by atoms with E-state index in [4.69, 9.17) is 4.74 Å². The lowest BCUT2D eigenvalue weighted by Crippen LogP contribution is -1.96. The maximum absolute atomic E-state index is 10.9. The lowest BCUT2D eigenvalue weighted by molar-refractivity contribution is -0.383. The lowest BCUT2D eigenvalue weighted by Gasteiger charge is -2.03. The Bertz CT molecular complexity index is 554. The number of pyridine rings is 1. The molecule has 0 amide bonds. The van der Waals surface area contributed by atoms with Crippen molar-refractivity contribution >= 4 is 16.5 Å². The number of nitrogens with zero attached hydrogens (tertiary/aromatic N) is 2. The van der Waals surface area contributed by atoms with Crippen molar-refractivity contribution in [2.75, 3.05) is 6.61 Å². The highest BCUT2D eigenvalue weighted by Crippen LogP contribution is 2.25. The molecule has 2 rings (SSSR count). The van der Waals surface area contributed by atoms with E-state index in [-0.39, 0.29) is 10.6 Å². The number of ether oxygens (including phenoxy) is 1. The first-order valence-electron chi connectivity index (χ1n) is 5.32. The summed E-state index contributed by atoms with van der Waals surface area (Å²) >= 11 is 0. The average molecular weight is 232 g/mol. The van der Waals surface area contributed by atoms with Crippen LogP contribution >= 0.6 is 0 Å². The van der Waals surface area contributed by atoms with Crippen molar-refractivity contribution < 1.29 is 9.66 Å². The zero-order valence-corrected chi connectivity index (χ0v) is 9.42. The number of non-ortho nitro benzene ring substituents is 1. The number of fused-ring (bicyclic) bond motifs is 1. The summed E-state index contributed by atoms with van der Waals surface area (Å²) in [7, 11) is 0. The van der Waals surface area contributed by atoms with E-state index in [2.05, 4.69) is 4.98 Å². The van der Waals surface area contributed by atoms with Crippen LogP contribution in [0.15, 0.2) is 30.5 Å². The van der Waals surface area contributed by atoms with E-state index < -0.39 is 0 Å². The van der Waals surface area contributed by atoms with Crippen LogP contribution in [0.3, 0.4) is 0 Å². The summed E-state index contributed by atoms with van der Waals surface area (Å²) in [5.74, 6) is 0. The monoisotopic (exact) mass is 232 g/mol. The number of rotatable bonds is 4. The zero-order valence-electron chi connectivity index (χ0n) is 9.42. The number of nitro benzene ring substituents is 1. The molecule has 2 aromatic rings. The molecule has 0 fully saturated rings. The van der Waals surface area contributed by atoms with Gasteiger partial charge in [0.25, 0.3) is 5.69 Å². The molecule has 0 aliphatic carbocycles. The van der Waals surface area contributed by atoms with Crippen LogP contribution in [-0.4, -0.2) is 16.5 Å². The molecule has 5 nitrogen and oxygen atoms in total. The molecule has 0 atom stereocenters. The Kier molecular flexibility index (Phi) is 3.30.